The Morgan fingerprint density at radius 3 is 2.50 bits per heavy atom. The third-order valence-corrected chi connectivity index (χ3v) is 2.39. The van der Waals surface area contributed by atoms with E-state index in [1.165, 1.54) is 11.3 Å². The lowest BCUT2D eigenvalue weighted by atomic mass is 10.1. The minimum absolute atomic E-state index is 1.15. The van der Waals surface area contributed by atoms with Gasteiger partial charge >= 0.3 is 0 Å². The van der Waals surface area contributed by atoms with Crippen LogP contribution in [0.4, 0.5) is 0 Å². The molecule has 1 heterocycles. The Hall–Kier alpha value is -1.77. The maximum absolute atomic E-state index is 4.21. The first-order valence-electron chi connectivity index (χ1n) is 5.49. The van der Waals surface area contributed by atoms with Gasteiger partial charge in [0, 0.05) is 39.1 Å². The summed E-state index contributed by atoms with van der Waals surface area (Å²) in [6.45, 7) is 2.30. The van der Waals surface area contributed by atoms with E-state index < -0.39 is 0 Å². The van der Waals surface area contributed by atoms with E-state index in [1.54, 1.807) is 5.01 Å². The maximum atomic E-state index is 4.21. The maximum Gasteiger partial charge on any atom is 0.0491 e. The summed E-state index contributed by atoms with van der Waals surface area (Å²) in [6.07, 6.45) is 3.92. The predicted molar refractivity (Wildman–Crippen MR) is 68.2 cm³/mol. The zero-order chi connectivity index (χ0) is 11.4. The Bertz CT molecular complexity index is 389. The fourth-order valence-corrected chi connectivity index (χ4v) is 1.52. The molecule has 0 saturated carbocycles. The third-order valence-electron chi connectivity index (χ3n) is 2.39. The van der Waals surface area contributed by atoms with Crippen molar-refractivity contribution in [2.75, 3.05) is 27.2 Å². The van der Waals surface area contributed by atoms with Gasteiger partial charge in [-0.1, -0.05) is 30.3 Å². The molecule has 84 valence electrons. The van der Waals surface area contributed by atoms with E-state index in [0.29, 0.717) is 0 Å². The highest BCUT2D eigenvalue weighted by atomic mass is 15.4. The summed E-state index contributed by atoms with van der Waals surface area (Å²) in [5.74, 6) is 0. The van der Waals surface area contributed by atoms with Crippen molar-refractivity contribution >= 4 is 11.9 Å². The Morgan fingerprint density at radius 1 is 1.25 bits per heavy atom. The molecule has 2 rings (SSSR count). The number of rotatable bonds is 4. The van der Waals surface area contributed by atoms with Gasteiger partial charge in [0.05, 0.1) is 0 Å². The molecular weight excluding hydrogens is 198 g/mol. The molecule has 0 amide bonds. The standard InChI is InChI=1S/C13H17N3/c1-15(2)14-9-8-13(16-10-11-16)12-6-4-3-5-7-12/h3-9H,10-11H2,1-2H3/b13-8-,14-9+. The normalized spacial score (nSPS) is 15.6. The minimum Gasteiger partial charge on any atom is -0.367 e. The molecule has 1 fully saturated rings. The predicted octanol–water partition coefficient (Wildman–Crippen LogP) is 1.89. The second kappa shape index (κ2) is 4.84. The van der Waals surface area contributed by atoms with Crippen LogP contribution in [0.2, 0.25) is 0 Å². The molecule has 3 nitrogen and oxygen atoms in total. The molecule has 0 unspecified atom stereocenters. The first kappa shape index (κ1) is 10.7. The van der Waals surface area contributed by atoms with E-state index in [4.69, 9.17) is 0 Å². The molecule has 3 heteroatoms. The van der Waals surface area contributed by atoms with Gasteiger partial charge in [0.1, 0.15) is 0 Å². The van der Waals surface area contributed by atoms with E-state index in [2.05, 4.69) is 40.3 Å². The van der Waals surface area contributed by atoms with Gasteiger partial charge < -0.3 is 9.91 Å². The highest BCUT2D eigenvalue weighted by molar-refractivity contribution is 5.84. The summed E-state index contributed by atoms with van der Waals surface area (Å²) in [4.78, 5) is 2.33. The number of nitrogens with zero attached hydrogens (tertiary/aromatic N) is 3. The molecule has 0 bridgehead atoms. The molecular formula is C13H17N3. The van der Waals surface area contributed by atoms with Crippen LogP contribution in [0.1, 0.15) is 5.56 Å². The molecule has 0 atom stereocenters. The second-order valence-corrected chi connectivity index (χ2v) is 4.02. The van der Waals surface area contributed by atoms with Crippen molar-refractivity contribution in [3.8, 4) is 0 Å². The number of benzene rings is 1. The Morgan fingerprint density at radius 2 is 1.94 bits per heavy atom. The van der Waals surface area contributed by atoms with Crippen molar-refractivity contribution in [2.24, 2.45) is 5.10 Å². The first-order chi connectivity index (χ1) is 7.77. The monoisotopic (exact) mass is 215 g/mol. The fourth-order valence-electron chi connectivity index (χ4n) is 1.52. The molecule has 0 N–H and O–H groups in total. The molecule has 0 aromatic heterocycles. The van der Waals surface area contributed by atoms with Crippen LogP contribution >= 0.6 is 0 Å². The van der Waals surface area contributed by atoms with Crippen LogP contribution in [0.5, 0.6) is 0 Å². The van der Waals surface area contributed by atoms with Crippen molar-refractivity contribution in [1.82, 2.24) is 9.91 Å². The van der Waals surface area contributed by atoms with E-state index in [-0.39, 0.29) is 0 Å². The summed E-state index contributed by atoms with van der Waals surface area (Å²) < 4.78 is 0. The molecule has 1 aliphatic heterocycles. The van der Waals surface area contributed by atoms with E-state index in [9.17, 15) is 0 Å². The van der Waals surface area contributed by atoms with Gasteiger partial charge in [-0.05, 0) is 11.6 Å². The summed E-state index contributed by atoms with van der Waals surface area (Å²) >= 11 is 0. The van der Waals surface area contributed by atoms with Gasteiger partial charge in [0.2, 0.25) is 0 Å². The lowest BCUT2D eigenvalue weighted by Crippen LogP contribution is -2.02. The smallest absolute Gasteiger partial charge is 0.0491 e. The van der Waals surface area contributed by atoms with E-state index >= 15 is 0 Å². The third kappa shape index (κ3) is 2.86. The van der Waals surface area contributed by atoms with Crippen LogP contribution in [-0.2, 0) is 0 Å². The fraction of sp³-hybridized carbons (Fsp3) is 0.308. The van der Waals surface area contributed by atoms with Crippen LogP contribution in [0.15, 0.2) is 41.5 Å². The second-order valence-electron chi connectivity index (χ2n) is 4.02. The van der Waals surface area contributed by atoms with Crippen molar-refractivity contribution < 1.29 is 0 Å². The highest BCUT2D eigenvalue weighted by Crippen LogP contribution is 2.24. The van der Waals surface area contributed by atoms with Gasteiger partial charge in [-0.15, -0.1) is 0 Å². The average molecular weight is 215 g/mol. The average Bonchev–Trinajstić information content (AvgIpc) is 3.09. The topological polar surface area (TPSA) is 18.6 Å². The number of hydrogen-bond donors (Lipinski definition) is 0. The van der Waals surface area contributed by atoms with Crippen molar-refractivity contribution in [1.29, 1.82) is 0 Å². The Kier molecular flexibility index (Phi) is 3.25. The quantitative estimate of drug-likeness (QED) is 0.434. The van der Waals surface area contributed by atoms with Crippen LogP contribution in [0, 0.1) is 0 Å². The molecule has 1 saturated heterocycles. The molecule has 16 heavy (non-hydrogen) atoms. The van der Waals surface area contributed by atoms with Crippen molar-refractivity contribution in [2.45, 2.75) is 0 Å². The van der Waals surface area contributed by atoms with Gasteiger partial charge in [-0.3, -0.25) is 0 Å². The van der Waals surface area contributed by atoms with Gasteiger partial charge in [-0.25, -0.2) is 0 Å². The lowest BCUT2D eigenvalue weighted by Gasteiger charge is -2.08. The van der Waals surface area contributed by atoms with Gasteiger partial charge in [0.15, 0.2) is 0 Å². The number of allylic oxidation sites excluding steroid dienone is 1. The molecule has 1 aromatic rings. The SMILES string of the molecule is CN(C)/N=C/C=C(/c1ccccc1)N1CC1. The lowest BCUT2D eigenvalue weighted by molar-refractivity contribution is 0.440. The molecule has 1 aliphatic rings. The van der Waals surface area contributed by atoms with Crippen LogP contribution in [-0.4, -0.2) is 43.3 Å². The van der Waals surface area contributed by atoms with E-state index in [1.807, 2.05) is 26.4 Å². The van der Waals surface area contributed by atoms with Crippen LogP contribution in [0.3, 0.4) is 0 Å². The van der Waals surface area contributed by atoms with Gasteiger partial charge in [0.25, 0.3) is 0 Å². The zero-order valence-electron chi connectivity index (χ0n) is 9.80. The molecule has 1 aromatic carbocycles. The minimum atomic E-state index is 1.15. The molecule has 0 aliphatic carbocycles. The molecule has 0 radical (unpaired) electrons. The van der Waals surface area contributed by atoms with Crippen molar-refractivity contribution in [3.05, 3.63) is 42.0 Å². The Balaban J connectivity index is 2.18. The summed E-state index contributed by atoms with van der Waals surface area (Å²) in [5.41, 5.74) is 2.51. The largest absolute Gasteiger partial charge is 0.367 e. The number of hydrogen-bond acceptors (Lipinski definition) is 3. The molecule has 0 spiro atoms. The summed E-state index contributed by atoms with van der Waals surface area (Å²) in [6, 6.07) is 10.4. The highest BCUT2D eigenvalue weighted by Gasteiger charge is 2.20. The van der Waals surface area contributed by atoms with Crippen LogP contribution < -0.4 is 0 Å². The van der Waals surface area contributed by atoms with Crippen LogP contribution in [0.25, 0.3) is 5.70 Å². The van der Waals surface area contributed by atoms with Crippen molar-refractivity contribution in [3.63, 3.8) is 0 Å². The zero-order valence-corrected chi connectivity index (χ0v) is 9.80. The first-order valence-corrected chi connectivity index (χ1v) is 5.49. The Labute approximate surface area is 96.7 Å². The van der Waals surface area contributed by atoms with E-state index in [0.717, 1.165) is 13.1 Å². The summed E-state index contributed by atoms with van der Waals surface area (Å²) in [5, 5.41) is 6.00. The summed E-state index contributed by atoms with van der Waals surface area (Å²) in [7, 11) is 3.84. The van der Waals surface area contributed by atoms with Gasteiger partial charge in [-0.2, -0.15) is 5.10 Å². The number of hydrazone groups is 1.